The molecule has 0 saturated heterocycles. The Morgan fingerprint density at radius 1 is 0.522 bits per heavy atom. The molecule has 0 aliphatic heterocycles. The average Bonchev–Trinajstić information content (AvgIpc) is 3.11. The van der Waals surface area contributed by atoms with Crippen LogP contribution in [0, 0.1) is 0 Å². The quantitative estimate of drug-likeness (QED) is 0.141. The first-order chi connectivity index (χ1) is 22.4. The number of methoxy groups -OCH3 is 4. The van der Waals surface area contributed by atoms with E-state index in [0.29, 0.717) is 49.2 Å². The summed E-state index contributed by atoms with van der Waals surface area (Å²) in [4.78, 5) is 30.7. The fraction of sp³-hybridized carbons (Fsp3) is 0.211. The smallest absolute Gasteiger partial charge is 0.246 e. The van der Waals surface area contributed by atoms with E-state index in [4.69, 9.17) is 18.9 Å². The third-order valence-electron chi connectivity index (χ3n) is 7.35. The molecule has 0 N–H and O–H groups in total. The largest absolute Gasteiger partial charge is 0.493 e. The van der Waals surface area contributed by atoms with Crippen molar-refractivity contribution < 1.29 is 28.5 Å². The van der Waals surface area contributed by atoms with Gasteiger partial charge in [-0.1, -0.05) is 72.8 Å². The molecule has 238 valence electrons. The van der Waals surface area contributed by atoms with E-state index >= 15 is 0 Å². The molecule has 8 nitrogen and oxygen atoms in total. The minimum Gasteiger partial charge on any atom is -0.493 e. The molecule has 46 heavy (non-hydrogen) atoms. The lowest BCUT2D eigenvalue weighted by molar-refractivity contribution is -0.130. The summed E-state index contributed by atoms with van der Waals surface area (Å²) in [5.74, 6) is 2.03. The summed E-state index contributed by atoms with van der Waals surface area (Å²) in [7, 11) is 6.31. The summed E-state index contributed by atoms with van der Waals surface area (Å²) >= 11 is 0. The summed E-state index contributed by atoms with van der Waals surface area (Å²) < 4.78 is 21.5. The molecule has 0 atom stereocenters. The summed E-state index contributed by atoms with van der Waals surface area (Å²) in [6.45, 7) is 1.44. The molecule has 0 unspecified atom stereocenters. The van der Waals surface area contributed by atoms with E-state index in [2.05, 4.69) is 0 Å². The first-order valence-electron chi connectivity index (χ1n) is 14.9. The van der Waals surface area contributed by atoms with E-state index in [-0.39, 0.29) is 11.8 Å². The first-order valence-corrected chi connectivity index (χ1v) is 14.9. The molecule has 0 heterocycles. The highest BCUT2D eigenvalue weighted by molar-refractivity contribution is 5.93. The Bertz CT molecular complexity index is 1510. The van der Waals surface area contributed by atoms with Crippen LogP contribution in [0.5, 0.6) is 23.0 Å². The highest BCUT2D eigenvalue weighted by Gasteiger charge is 2.17. The number of amides is 2. The van der Waals surface area contributed by atoms with Gasteiger partial charge in [0.25, 0.3) is 0 Å². The average molecular weight is 621 g/mol. The second-order valence-electron chi connectivity index (χ2n) is 10.4. The Morgan fingerprint density at radius 3 is 1.24 bits per heavy atom. The molecule has 0 aliphatic carbocycles. The van der Waals surface area contributed by atoms with Crippen molar-refractivity contribution in [1.29, 1.82) is 0 Å². The zero-order chi connectivity index (χ0) is 32.7. The maximum absolute atomic E-state index is 13.6. The molecule has 0 radical (unpaired) electrons. The van der Waals surface area contributed by atoms with E-state index in [0.717, 1.165) is 22.3 Å². The van der Waals surface area contributed by atoms with Crippen molar-refractivity contribution in [3.05, 3.63) is 131 Å². The molecule has 4 rings (SSSR count). The van der Waals surface area contributed by atoms with Gasteiger partial charge in [-0.15, -0.1) is 0 Å². The maximum Gasteiger partial charge on any atom is 0.246 e. The summed E-state index contributed by atoms with van der Waals surface area (Å²) in [6, 6.07) is 30.5. The van der Waals surface area contributed by atoms with Crippen LogP contribution in [-0.2, 0) is 22.7 Å². The normalized spacial score (nSPS) is 11.0. The summed E-state index contributed by atoms with van der Waals surface area (Å²) in [5.41, 5.74) is 3.58. The molecule has 2 amide bonds. The highest BCUT2D eigenvalue weighted by Crippen LogP contribution is 2.29. The fourth-order valence-electron chi connectivity index (χ4n) is 4.84. The van der Waals surface area contributed by atoms with Gasteiger partial charge in [-0.05, 0) is 58.7 Å². The van der Waals surface area contributed by atoms with Crippen LogP contribution in [0.2, 0.25) is 0 Å². The molecule has 0 saturated carbocycles. The monoisotopic (exact) mass is 620 g/mol. The Morgan fingerprint density at radius 2 is 0.891 bits per heavy atom. The number of carbonyl (C=O) groups is 2. The van der Waals surface area contributed by atoms with Crippen LogP contribution in [0.15, 0.2) is 109 Å². The predicted octanol–water partition coefficient (Wildman–Crippen LogP) is 6.51. The molecule has 0 fully saturated rings. The van der Waals surface area contributed by atoms with Crippen LogP contribution in [-0.4, -0.2) is 63.1 Å². The molecule has 0 bridgehead atoms. The van der Waals surface area contributed by atoms with Gasteiger partial charge in [-0.2, -0.15) is 0 Å². The number of hydrogen-bond donors (Lipinski definition) is 0. The van der Waals surface area contributed by atoms with E-state index < -0.39 is 0 Å². The number of nitrogens with zero attached hydrogens (tertiary/aromatic N) is 2. The van der Waals surface area contributed by atoms with Gasteiger partial charge in [0.05, 0.1) is 28.4 Å². The standard InChI is InChI=1S/C38H40N2O6/c1-43-33-19-15-29(25-35(33)45-3)17-21-37(41)39(27-31-11-7-5-8-12-31)23-24-40(28-32-13-9-6-10-14-32)38(42)22-18-30-16-20-34(44-2)36(26-30)46-4/h5-22,25-26H,23-24,27-28H2,1-4H3. The van der Waals surface area contributed by atoms with Crippen LogP contribution >= 0.6 is 0 Å². The number of benzene rings is 4. The number of ether oxygens (including phenoxy) is 4. The Balaban J connectivity index is 1.55. The Labute approximate surface area is 271 Å². The van der Waals surface area contributed by atoms with E-state index in [1.807, 2.05) is 84.9 Å². The van der Waals surface area contributed by atoms with Gasteiger partial charge in [-0.3, -0.25) is 9.59 Å². The lowest BCUT2D eigenvalue weighted by Crippen LogP contribution is -2.39. The molecular formula is C38H40N2O6. The van der Waals surface area contributed by atoms with Gasteiger partial charge < -0.3 is 28.7 Å². The van der Waals surface area contributed by atoms with Crippen molar-refractivity contribution in [2.24, 2.45) is 0 Å². The van der Waals surface area contributed by atoms with E-state index in [1.54, 1.807) is 74.7 Å². The number of carbonyl (C=O) groups excluding carboxylic acids is 2. The van der Waals surface area contributed by atoms with Gasteiger partial charge in [0.1, 0.15) is 0 Å². The van der Waals surface area contributed by atoms with Gasteiger partial charge >= 0.3 is 0 Å². The molecule has 4 aromatic carbocycles. The molecular weight excluding hydrogens is 580 g/mol. The predicted molar refractivity (Wildman–Crippen MR) is 181 cm³/mol. The van der Waals surface area contributed by atoms with Crippen molar-refractivity contribution in [2.75, 3.05) is 41.5 Å². The van der Waals surface area contributed by atoms with Crippen molar-refractivity contribution in [2.45, 2.75) is 13.1 Å². The van der Waals surface area contributed by atoms with Crippen molar-refractivity contribution in [3.63, 3.8) is 0 Å². The summed E-state index contributed by atoms with van der Waals surface area (Å²) in [6.07, 6.45) is 6.59. The van der Waals surface area contributed by atoms with Crippen molar-refractivity contribution >= 4 is 24.0 Å². The zero-order valence-electron chi connectivity index (χ0n) is 26.7. The minimum atomic E-state index is -0.174. The molecule has 0 aliphatic rings. The van der Waals surface area contributed by atoms with Crippen LogP contribution in [0.25, 0.3) is 12.2 Å². The number of hydrogen-bond acceptors (Lipinski definition) is 6. The zero-order valence-corrected chi connectivity index (χ0v) is 26.7. The molecule has 8 heteroatoms. The Kier molecular flexibility index (Phi) is 12.4. The van der Waals surface area contributed by atoms with Crippen molar-refractivity contribution in [1.82, 2.24) is 9.80 Å². The lowest BCUT2D eigenvalue weighted by atomic mass is 10.1. The van der Waals surface area contributed by atoms with Crippen LogP contribution in [0.1, 0.15) is 22.3 Å². The van der Waals surface area contributed by atoms with Crippen LogP contribution in [0.3, 0.4) is 0 Å². The third-order valence-corrected chi connectivity index (χ3v) is 7.35. The lowest BCUT2D eigenvalue weighted by Gasteiger charge is -2.27. The van der Waals surface area contributed by atoms with Gasteiger partial charge in [0.2, 0.25) is 11.8 Å². The van der Waals surface area contributed by atoms with Crippen LogP contribution in [0.4, 0.5) is 0 Å². The first kappa shape index (κ1) is 33.4. The van der Waals surface area contributed by atoms with Gasteiger partial charge in [0.15, 0.2) is 23.0 Å². The van der Waals surface area contributed by atoms with E-state index in [9.17, 15) is 9.59 Å². The fourth-order valence-corrected chi connectivity index (χ4v) is 4.84. The summed E-state index contributed by atoms with van der Waals surface area (Å²) in [5, 5.41) is 0. The number of rotatable bonds is 15. The Hall–Kier alpha value is -5.50. The second-order valence-corrected chi connectivity index (χ2v) is 10.4. The molecule has 0 aromatic heterocycles. The molecule has 4 aromatic rings. The maximum atomic E-state index is 13.6. The van der Waals surface area contributed by atoms with Crippen LogP contribution < -0.4 is 18.9 Å². The molecule has 0 spiro atoms. The highest BCUT2D eigenvalue weighted by atomic mass is 16.5. The van der Waals surface area contributed by atoms with E-state index in [1.165, 1.54) is 0 Å². The SMILES string of the molecule is COc1ccc(C=CC(=O)N(CCN(Cc2ccccc2)C(=O)C=Cc2ccc(OC)c(OC)c2)Cc2ccccc2)cc1OC. The topological polar surface area (TPSA) is 77.5 Å². The van der Waals surface area contributed by atoms with Gasteiger partial charge in [-0.25, -0.2) is 0 Å². The third kappa shape index (κ3) is 9.50. The van der Waals surface area contributed by atoms with Crippen molar-refractivity contribution in [3.8, 4) is 23.0 Å². The second kappa shape index (κ2) is 17.1. The van der Waals surface area contributed by atoms with Gasteiger partial charge in [0, 0.05) is 38.3 Å². The minimum absolute atomic E-state index is 0.174.